The molecule has 0 spiro atoms. The Balaban J connectivity index is 3.27. The van der Waals surface area contributed by atoms with E-state index in [0.717, 1.165) is 19.1 Å². The number of rotatable bonds is 3. The van der Waals surface area contributed by atoms with Gasteiger partial charge in [0.15, 0.2) is 11.6 Å². The van der Waals surface area contributed by atoms with Gasteiger partial charge in [-0.15, -0.1) is 0 Å². The van der Waals surface area contributed by atoms with Crippen LogP contribution < -0.4 is 10.5 Å². The van der Waals surface area contributed by atoms with E-state index in [9.17, 15) is 18.0 Å². The summed E-state index contributed by atoms with van der Waals surface area (Å²) in [6.45, 7) is -2.08. The first kappa shape index (κ1) is 11.4. The van der Waals surface area contributed by atoms with Crippen molar-refractivity contribution in [1.29, 1.82) is 0 Å². The zero-order valence-corrected chi connectivity index (χ0v) is 7.76. The van der Waals surface area contributed by atoms with E-state index in [4.69, 9.17) is 5.73 Å². The smallest absolute Gasteiger partial charge is 0.387 e. The minimum absolute atomic E-state index is 0.290. The van der Waals surface area contributed by atoms with Crippen molar-refractivity contribution in [2.24, 2.45) is 0 Å². The second kappa shape index (κ2) is 4.20. The van der Waals surface area contributed by atoms with Crippen LogP contribution in [0.2, 0.25) is 0 Å². The summed E-state index contributed by atoms with van der Waals surface area (Å²) in [5.41, 5.74) is 4.34. The second-order valence-electron chi connectivity index (χ2n) is 2.78. The molecule has 0 amide bonds. The lowest BCUT2D eigenvalue weighted by Crippen LogP contribution is -2.09. The lowest BCUT2D eigenvalue weighted by molar-refractivity contribution is -0.0502. The van der Waals surface area contributed by atoms with E-state index >= 15 is 0 Å². The summed E-state index contributed by atoms with van der Waals surface area (Å²) in [7, 11) is 0. The van der Waals surface area contributed by atoms with E-state index in [1.807, 2.05) is 0 Å². The van der Waals surface area contributed by atoms with Crippen LogP contribution in [-0.2, 0) is 0 Å². The molecule has 0 aliphatic rings. The Labute approximate surface area is 83.6 Å². The third-order valence-electron chi connectivity index (χ3n) is 1.70. The van der Waals surface area contributed by atoms with Crippen molar-refractivity contribution >= 4 is 11.5 Å². The van der Waals surface area contributed by atoms with E-state index in [1.54, 1.807) is 0 Å². The molecule has 0 aliphatic carbocycles. The molecule has 0 aliphatic heterocycles. The summed E-state index contributed by atoms with van der Waals surface area (Å²) in [4.78, 5) is 11.0. The Kier molecular flexibility index (Phi) is 3.18. The van der Waals surface area contributed by atoms with Gasteiger partial charge in [-0.3, -0.25) is 4.79 Å². The van der Waals surface area contributed by atoms with Gasteiger partial charge in [0.2, 0.25) is 0 Å². The SMILES string of the molecule is CC(=O)c1c(OC(F)F)ccc(N)c1F. The number of hydrogen-bond acceptors (Lipinski definition) is 3. The Hall–Kier alpha value is -1.72. The van der Waals surface area contributed by atoms with Crippen molar-refractivity contribution in [1.82, 2.24) is 0 Å². The van der Waals surface area contributed by atoms with Crippen molar-refractivity contribution in [2.45, 2.75) is 13.5 Å². The standard InChI is InChI=1S/C9H8F3NO2/c1-4(14)7-6(15-9(11)12)3-2-5(13)8(7)10/h2-3,9H,13H2,1H3. The quantitative estimate of drug-likeness (QED) is 0.626. The number of benzene rings is 1. The molecule has 1 rings (SSSR count). The average molecular weight is 219 g/mol. The summed E-state index contributed by atoms with van der Waals surface area (Å²) in [6, 6.07) is 2.08. The van der Waals surface area contributed by atoms with Crippen LogP contribution in [0.5, 0.6) is 5.75 Å². The summed E-state index contributed by atoms with van der Waals surface area (Å²) in [5, 5.41) is 0. The number of carbonyl (C=O) groups is 1. The highest BCUT2D eigenvalue weighted by Gasteiger charge is 2.19. The Morgan fingerprint density at radius 2 is 2.07 bits per heavy atom. The molecule has 0 radical (unpaired) electrons. The maximum Gasteiger partial charge on any atom is 0.387 e. The molecule has 2 N–H and O–H groups in total. The summed E-state index contributed by atoms with van der Waals surface area (Å²) in [5.74, 6) is -2.28. The Bertz CT molecular complexity index is 393. The topological polar surface area (TPSA) is 52.3 Å². The fraction of sp³-hybridized carbons (Fsp3) is 0.222. The van der Waals surface area contributed by atoms with E-state index in [-0.39, 0.29) is 5.69 Å². The minimum Gasteiger partial charge on any atom is -0.434 e. The van der Waals surface area contributed by atoms with Crippen LogP contribution in [0.3, 0.4) is 0 Å². The maximum absolute atomic E-state index is 13.3. The summed E-state index contributed by atoms with van der Waals surface area (Å²) in [6.07, 6.45) is 0. The molecule has 82 valence electrons. The number of hydrogen-bond donors (Lipinski definition) is 1. The molecule has 3 nitrogen and oxygen atoms in total. The number of nitrogens with two attached hydrogens (primary N) is 1. The van der Waals surface area contributed by atoms with Gasteiger partial charge in [0.1, 0.15) is 5.75 Å². The summed E-state index contributed by atoms with van der Waals surface area (Å²) >= 11 is 0. The molecule has 0 fully saturated rings. The molecule has 0 bridgehead atoms. The first-order valence-electron chi connectivity index (χ1n) is 3.97. The predicted octanol–water partition coefficient (Wildman–Crippen LogP) is 2.21. The highest BCUT2D eigenvalue weighted by atomic mass is 19.3. The monoisotopic (exact) mass is 219 g/mol. The normalized spacial score (nSPS) is 10.5. The number of alkyl halides is 2. The lowest BCUT2D eigenvalue weighted by atomic mass is 10.1. The third kappa shape index (κ3) is 2.39. The van der Waals surface area contributed by atoms with Gasteiger partial charge in [0, 0.05) is 0 Å². The highest BCUT2D eigenvalue weighted by molar-refractivity contribution is 5.98. The molecule has 6 heteroatoms. The Morgan fingerprint density at radius 1 is 1.47 bits per heavy atom. The number of Topliss-reactive ketones (excluding diaryl/α,β-unsaturated/α-hetero) is 1. The van der Waals surface area contributed by atoms with Crippen LogP contribution in [0, 0.1) is 5.82 Å². The first-order valence-corrected chi connectivity index (χ1v) is 3.97. The van der Waals surface area contributed by atoms with Crippen molar-refractivity contribution in [3.8, 4) is 5.75 Å². The fourth-order valence-corrected chi connectivity index (χ4v) is 1.10. The van der Waals surface area contributed by atoms with Gasteiger partial charge in [-0.25, -0.2) is 4.39 Å². The van der Waals surface area contributed by atoms with Crippen molar-refractivity contribution in [3.05, 3.63) is 23.5 Å². The molecule has 15 heavy (non-hydrogen) atoms. The largest absolute Gasteiger partial charge is 0.434 e. The van der Waals surface area contributed by atoms with Gasteiger partial charge in [-0.2, -0.15) is 8.78 Å². The van der Waals surface area contributed by atoms with Crippen LogP contribution in [0.4, 0.5) is 18.9 Å². The number of carbonyl (C=O) groups excluding carboxylic acids is 1. The molecular formula is C9H8F3NO2. The molecule has 1 aromatic rings. The summed E-state index contributed by atoms with van der Waals surface area (Å²) < 4.78 is 41.1. The zero-order chi connectivity index (χ0) is 11.6. The molecular weight excluding hydrogens is 211 g/mol. The van der Waals surface area contributed by atoms with Crippen molar-refractivity contribution in [3.63, 3.8) is 0 Å². The average Bonchev–Trinajstić information content (AvgIpc) is 2.10. The van der Waals surface area contributed by atoms with Crippen LogP contribution in [0.15, 0.2) is 12.1 Å². The van der Waals surface area contributed by atoms with E-state index in [2.05, 4.69) is 4.74 Å². The van der Waals surface area contributed by atoms with Crippen LogP contribution >= 0.6 is 0 Å². The second-order valence-corrected chi connectivity index (χ2v) is 2.78. The minimum atomic E-state index is -3.12. The van der Waals surface area contributed by atoms with Gasteiger partial charge in [0.05, 0.1) is 11.3 Å². The van der Waals surface area contributed by atoms with Crippen LogP contribution in [-0.4, -0.2) is 12.4 Å². The van der Waals surface area contributed by atoms with E-state index in [0.29, 0.717) is 0 Å². The van der Waals surface area contributed by atoms with Crippen LogP contribution in [0.25, 0.3) is 0 Å². The van der Waals surface area contributed by atoms with Crippen molar-refractivity contribution < 1.29 is 22.7 Å². The van der Waals surface area contributed by atoms with E-state index < -0.39 is 29.5 Å². The van der Waals surface area contributed by atoms with Gasteiger partial charge in [-0.1, -0.05) is 0 Å². The van der Waals surface area contributed by atoms with Gasteiger partial charge in [0.25, 0.3) is 0 Å². The maximum atomic E-state index is 13.3. The molecule has 1 aromatic carbocycles. The predicted molar refractivity (Wildman–Crippen MR) is 47.4 cm³/mol. The molecule has 0 aromatic heterocycles. The third-order valence-corrected chi connectivity index (χ3v) is 1.70. The number of ether oxygens (including phenoxy) is 1. The fourth-order valence-electron chi connectivity index (χ4n) is 1.10. The molecule has 0 unspecified atom stereocenters. The molecule has 0 atom stereocenters. The van der Waals surface area contributed by atoms with Crippen LogP contribution in [0.1, 0.15) is 17.3 Å². The molecule has 0 saturated carbocycles. The van der Waals surface area contributed by atoms with E-state index in [1.165, 1.54) is 0 Å². The number of anilines is 1. The van der Waals surface area contributed by atoms with Gasteiger partial charge >= 0.3 is 6.61 Å². The number of nitrogen functional groups attached to an aromatic ring is 1. The number of ketones is 1. The van der Waals surface area contributed by atoms with Gasteiger partial charge in [-0.05, 0) is 19.1 Å². The van der Waals surface area contributed by atoms with Crippen molar-refractivity contribution in [2.75, 3.05) is 5.73 Å². The molecule has 0 saturated heterocycles. The Morgan fingerprint density at radius 3 is 2.53 bits per heavy atom. The lowest BCUT2D eigenvalue weighted by Gasteiger charge is -2.10. The molecule has 0 heterocycles. The number of halogens is 3. The zero-order valence-electron chi connectivity index (χ0n) is 7.76. The van der Waals surface area contributed by atoms with Gasteiger partial charge < -0.3 is 10.5 Å². The first-order chi connectivity index (χ1) is 6.93. The highest BCUT2D eigenvalue weighted by Crippen LogP contribution is 2.27.